The van der Waals surface area contributed by atoms with Gasteiger partial charge in [0.05, 0.1) is 11.4 Å². The van der Waals surface area contributed by atoms with E-state index in [9.17, 15) is 30.4 Å². The molecule has 0 fully saturated rings. The van der Waals surface area contributed by atoms with E-state index >= 15 is 0 Å². The lowest BCUT2D eigenvalue weighted by Gasteiger charge is -2.11. The number of sulfone groups is 1. The Kier molecular flexibility index (Phi) is 5.65. The molecular weight excluding hydrogens is 551 g/mol. The third kappa shape index (κ3) is 4.38. The monoisotopic (exact) mass is 558 g/mol. The van der Waals surface area contributed by atoms with Crippen LogP contribution < -0.4 is 0 Å². The summed E-state index contributed by atoms with van der Waals surface area (Å²) in [5, 5.41) is 3.44. The van der Waals surface area contributed by atoms with Crippen LogP contribution >= 0.6 is 31.9 Å². The van der Waals surface area contributed by atoms with Gasteiger partial charge in [0.2, 0.25) is 0 Å². The smallest absolute Gasteiger partial charge is 0.232 e. The summed E-state index contributed by atoms with van der Waals surface area (Å²) in [7, 11) is -4.22. The number of rotatable bonds is 3. The second kappa shape index (κ2) is 7.47. The summed E-state index contributed by atoms with van der Waals surface area (Å²) < 4.78 is 93.2. The number of hydrogen-bond acceptors (Lipinski definition) is 3. The van der Waals surface area contributed by atoms with Gasteiger partial charge in [-0.05, 0) is 50.1 Å². The normalized spacial score (nSPS) is 12.4. The topological polar surface area (TPSA) is 52.0 Å². The largest absolute Gasteiger partial charge is 0.435 e. The predicted octanol–water partition coefficient (Wildman–Crippen LogP) is 5.76. The second-order valence-electron chi connectivity index (χ2n) is 5.96. The summed E-state index contributed by atoms with van der Waals surface area (Å²) in [6, 6.07) is 6.51. The second-order valence-corrected chi connectivity index (χ2v) is 9.63. The first-order valence-electron chi connectivity index (χ1n) is 7.61. The van der Waals surface area contributed by atoms with Crippen LogP contribution in [0.25, 0.3) is 16.9 Å². The highest BCUT2D eigenvalue weighted by Crippen LogP contribution is 2.36. The minimum absolute atomic E-state index is 0.101. The van der Waals surface area contributed by atoms with E-state index in [0.29, 0.717) is 32.0 Å². The number of aromatic nitrogens is 2. The SMILES string of the molecule is CS(=O)(=O)c1c(F)cc(-n2nc(C(F)(F)F)cc2-c2ccc(Br)c(Br)c2)cc1F. The van der Waals surface area contributed by atoms with E-state index in [1.807, 2.05) is 0 Å². The maximum Gasteiger partial charge on any atom is 0.435 e. The van der Waals surface area contributed by atoms with Gasteiger partial charge in [0, 0.05) is 32.9 Å². The van der Waals surface area contributed by atoms with Crippen molar-refractivity contribution in [1.29, 1.82) is 0 Å². The van der Waals surface area contributed by atoms with Crippen LogP contribution in [0.15, 0.2) is 50.2 Å². The molecule has 0 aliphatic carbocycles. The van der Waals surface area contributed by atoms with Crippen LogP contribution in [0.2, 0.25) is 0 Å². The Morgan fingerprint density at radius 3 is 2.03 bits per heavy atom. The molecule has 12 heteroatoms. The third-order valence-electron chi connectivity index (χ3n) is 3.81. The Morgan fingerprint density at radius 1 is 0.966 bits per heavy atom. The molecule has 0 spiro atoms. The van der Waals surface area contributed by atoms with Gasteiger partial charge in [-0.15, -0.1) is 0 Å². The Balaban J connectivity index is 2.29. The molecule has 3 aromatic rings. The molecule has 0 unspecified atom stereocenters. The molecule has 2 aromatic carbocycles. The Morgan fingerprint density at radius 2 is 1.55 bits per heavy atom. The standard InChI is InChI=1S/C17H9Br2F5N2O2S/c1-29(27,28)16-12(20)5-9(6-13(16)21)26-14(7-15(25-26)17(22,23)24)8-2-3-10(18)11(19)4-8/h2-7H,1H3. The molecule has 0 aliphatic rings. The van der Waals surface area contributed by atoms with E-state index in [1.54, 1.807) is 6.07 Å². The summed E-state index contributed by atoms with van der Waals surface area (Å²) in [6.07, 6.45) is -4.19. The minimum Gasteiger partial charge on any atom is -0.232 e. The van der Waals surface area contributed by atoms with E-state index in [1.165, 1.54) is 12.1 Å². The van der Waals surface area contributed by atoms with E-state index in [2.05, 4.69) is 37.0 Å². The van der Waals surface area contributed by atoms with Crippen molar-refractivity contribution in [2.24, 2.45) is 0 Å². The molecule has 29 heavy (non-hydrogen) atoms. The van der Waals surface area contributed by atoms with Crippen molar-refractivity contribution in [3.8, 4) is 16.9 Å². The highest BCUT2D eigenvalue weighted by molar-refractivity contribution is 9.13. The first-order valence-corrected chi connectivity index (χ1v) is 11.1. The molecule has 1 heterocycles. The van der Waals surface area contributed by atoms with Gasteiger partial charge in [0.15, 0.2) is 15.5 Å². The first-order chi connectivity index (χ1) is 13.3. The molecule has 4 nitrogen and oxygen atoms in total. The number of nitrogens with zero attached hydrogens (tertiary/aromatic N) is 2. The molecule has 154 valence electrons. The maximum atomic E-state index is 14.3. The van der Waals surface area contributed by atoms with Crippen LogP contribution in [0, 0.1) is 11.6 Å². The lowest BCUT2D eigenvalue weighted by molar-refractivity contribution is -0.141. The van der Waals surface area contributed by atoms with E-state index in [-0.39, 0.29) is 11.3 Å². The lowest BCUT2D eigenvalue weighted by atomic mass is 10.1. The molecule has 0 atom stereocenters. The Labute approximate surface area is 178 Å². The summed E-state index contributed by atoms with van der Waals surface area (Å²) in [5.74, 6) is -2.87. The van der Waals surface area contributed by atoms with Crippen molar-refractivity contribution in [2.45, 2.75) is 11.1 Å². The molecule has 3 rings (SSSR count). The van der Waals surface area contributed by atoms with Gasteiger partial charge in [-0.1, -0.05) is 6.07 Å². The number of alkyl halides is 3. The van der Waals surface area contributed by atoms with Crippen molar-refractivity contribution in [2.75, 3.05) is 6.26 Å². The van der Waals surface area contributed by atoms with Crippen LogP contribution in [0.1, 0.15) is 5.69 Å². The maximum absolute atomic E-state index is 14.3. The van der Waals surface area contributed by atoms with Gasteiger partial charge in [-0.3, -0.25) is 0 Å². The predicted molar refractivity (Wildman–Crippen MR) is 102 cm³/mol. The summed E-state index contributed by atoms with van der Waals surface area (Å²) >= 11 is 6.48. The quantitative estimate of drug-likeness (QED) is 0.383. The zero-order valence-electron chi connectivity index (χ0n) is 14.2. The summed E-state index contributed by atoms with van der Waals surface area (Å²) in [6.45, 7) is 0. The van der Waals surface area contributed by atoms with E-state index in [0.717, 1.165) is 6.07 Å². The van der Waals surface area contributed by atoms with Crippen molar-refractivity contribution in [3.63, 3.8) is 0 Å². The summed E-state index contributed by atoms with van der Waals surface area (Å²) in [4.78, 5) is -1.17. The average Bonchev–Trinajstić information content (AvgIpc) is 3.01. The molecule has 1 aromatic heterocycles. The molecule has 0 radical (unpaired) electrons. The Hall–Kier alpha value is -1.79. The zero-order valence-corrected chi connectivity index (χ0v) is 18.2. The molecule has 0 amide bonds. The van der Waals surface area contributed by atoms with E-state index < -0.39 is 43.9 Å². The third-order valence-corrected chi connectivity index (χ3v) is 6.82. The van der Waals surface area contributed by atoms with Gasteiger partial charge in [0.25, 0.3) is 0 Å². The molecular formula is C17H9Br2F5N2O2S. The van der Waals surface area contributed by atoms with E-state index in [4.69, 9.17) is 0 Å². The fourth-order valence-corrected chi connectivity index (χ4v) is 4.05. The minimum atomic E-state index is -4.81. The van der Waals surface area contributed by atoms with Crippen molar-refractivity contribution < 1.29 is 30.4 Å². The van der Waals surface area contributed by atoms with Crippen molar-refractivity contribution in [1.82, 2.24) is 9.78 Å². The van der Waals surface area contributed by atoms with Crippen LogP contribution in [0.3, 0.4) is 0 Å². The average molecular weight is 560 g/mol. The summed E-state index contributed by atoms with van der Waals surface area (Å²) in [5.41, 5.74) is -1.51. The zero-order chi connectivity index (χ0) is 21.7. The van der Waals surface area contributed by atoms with Gasteiger partial charge < -0.3 is 0 Å². The van der Waals surface area contributed by atoms with Gasteiger partial charge in [-0.25, -0.2) is 21.9 Å². The Bertz CT molecular complexity index is 1200. The van der Waals surface area contributed by atoms with Gasteiger partial charge >= 0.3 is 6.18 Å². The molecule has 0 bridgehead atoms. The highest BCUT2D eigenvalue weighted by Gasteiger charge is 2.35. The van der Waals surface area contributed by atoms with Crippen molar-refractivity contribution in [3.05, 3.63) is 62.7 Å². The lowest BCUT2D eigenvalue weighted by Crippen LogP contribution is -2.10. The highest BCUT2D eigenvalue weighted by atomic mass is 79.9. The van der Waals surface area contributed by atoms with Crippen LogP contribution in [0.5, 0.6) is 0 Å². The molecule has 0 saturated heterocycles. The molecule has 0 N–H and O–H groups in total. The van der Waals surface area contributed by atoms with Crippen LogP contribution in [-0.2, 0) is 16.0 Å². The fraction of sp³-hybridized carbons (Fsp3) is 0.118. The number of halogens is 7. The van der Waals surface area contributed by atoms with Crippen LogP contribution in [0.4, 0.5) is 22.0 Å². The number of hydrogen-bond donors (Lipinski definition) is 0. The fourth-order valence-electron chi connectivity index (χ4n) is 2.60. The molecule has 0 aliphatic heterocycles. The number of benzene rings is 2. The van der Waals surface area contributed by atoms with Crippen LogP contribution in [-0.4, -0.2) is 24.5 Å². The van der Waals surface area contributed by atoms with Crippen molar-refractivity contribution >= 4 is 41.7 Å². The molecule has 0 saturated carbocycles. The van der Waals surface area contributed by atoms with Gasteiger partial charge in [-0.2, -0.15) is 18.3 Å². The first kappa shape index (κ1) is 21.9. The van der Waals surface area contributed by atoms with Gasteiger partial charge in [0.1, 0.15) is 16.5 Å².